The molecule has 0 amide bonds. The van der Waals surface area contributed by atoms with E-state index in [1.165, 1.54) is 12.1 Å². The fraction of sp³-hybridized carbons (Fsp3) is 0.364. The fourth-order valence-corrected chi connectivity index (χ4v) is 1.94. The summed E-state index contributed by atoms with van der Waals surface area (Å²) in [5.74, 6) is -0.678. The number of aromatic hydroxyl groups is 1. The number of halogens is 1. The van der Waals surface area contributed by atoms with Crippen LogP contribution < -0.4 is 5.32 Å². The molecule has 0 radical (unpaired) electrons. The summed E-state index contributed by atoms with van der Waals surface area (Å²) in [7, 11) is 0. The average molecular weight is 206 g/mol. The van der Waals surface area contributed by atoms with Gasteiger partial charge in [0, 0.05) is 11.6 Å². The first-order valence-corrected chi connectivity index (χ1v) is 4.89. The van der Waals surface area contributed by atoms with Gasteiger partial charge in [-0.05, 0) is 31.5 Å². The summed E-state index contributed by atoms with van der Waals surface area (Å²) in [5, 5.41) is 21.5. The van der Waals surface area contributed by atoms with E-state index < -0.39 is 5.82 Å². The lowest BCUT2D eigenvalue weighted by Gasteiger charge is -2.14. The molecule has 1 aromatic carbocycles. The second-order valence-electron chi connectivity index (χ2n) is 3.62. The largest absolute Gasteiger partial charge is 0.506 e. The second-order valence-corrected chi connectivity index (χ2v) is 3.62. The molecule has 0 saturated carbocycles. The predicted molar refractivity (Wildman–Crippen MR) is 52.8 cm³/mol. The third-order valence-electron chi connectivity index (χ3n) is 2.69. The number of rotatable bonds is 1. The zero-order chi connectivity index (χ0) is 10.8. The van der Waals surface area contributed by atoms with E-state index in [2.05, 4.69) is 5.32 Å². The highest BCUT2D eigenvalue weighted by atomic mass is 19.1. The van der Waals surface area contributed by atoms with E-state index in [1.807, 2.05) is 6.07 Å². The Hall–Kier alpha value is -1.60. The summed E-state index contributed by atoms with van der Waals surface area (Å²) in [4.78, 5) is 0. The highest BCUT2D eigenvalue weighted by molar-refractivity contribution is 5.49. The van der Waals surface area contributed by atoms with Gasteiger partial charge >= 0.3 is 0 Å². The van der Waals surface area contributed by atoms with Gasteiger partial charge < -0.3 is 10.4 Å². The maximum Gasteiger partial charge on any atom is 0.141 e. The van der Waals surface area contributed by atoms with Gasteiger partial charge in [-0.15, -0.1) is 0 Å². The molecule has 1 aromatic rings. The highest BCUT2D eigenvalue weighted by Gasteiger charge is 2.24. The molecule has 0 aromatic heterocycles. The van der Waals surface area contributed by atoms with Gasteiger partial charge in [0.15, 0.2) is 0 Å². The summed E-state index contributed by atoms with van der Waals surface area (Å²) < 4.78 is 13.5. The SMILES string of the molecule is N#Cc1ccc(F)c([C@H]2CCCN2)c1O. The van der Waals surface area contributed by atoms with Crippen molar-refractivity contribution in [3.05, 3.63) is 29.1 Å². The van der Waals surface area contributed by atoms with Crippen LogP contribution in [0.5, 0.6) is 5.75 Å². The predicted octanol–water partition coefficient (Wildman–Crippen LogP) is 1.83. The molecular weight excluding hydrogens is 195 g/mol. The fourth-order valence-electron chi connectivity index (χ4n) is 1.94. The number of hydrogen-bond donors (Lipinski definition) is 2. The molecule has 4 heteroatoms. The Labute approximate surface area is 87.2 Å². The number of nitrogens with one attached hydrogen (secondary N) is 1. The van der Waals surface area contributed by atoms with Crippen molar-refractivity contribution in [2.24, 2.45) is 0 Å². The quantitative estimate of drug-likeness (QED) is 0.737. The lowest BCUT2D eigenvalue weighted by molar-refractivity contribution is 0.441. The van der Waals surface area contributed by atoms with Crippen LogP contribution in [-0.2, 0) is 0 Å². The van der Waals surface area contributed by atoms with Crippen molar-refractivity contribution < 1.29 is 9.50 Å². The molecule has 1 saturated heterocycles. The third kappa shape index (κ3) is 1.66. The van der Waals surface area contributed by atoms with E-state index in [4.69, 9.17) is 5.26 Å². The van der Waals surface area contributed by atoms with E-state index in [9.17, 15) is 9.50 Å². The molecule has 0 spiro atoms. The molecule has 1 aliphatic rings. The van der Waals surface area contributed by atoms with Crippen molar-refractivity contribution in [2.75, 3.05) is 6.54 Å². The summed E-state index contributed by atoms with van der Waals surface area (Å²) >= 11 is 0. The normalized spacial score (nSPS) is 20.1. The monoisotopic (exact) mass is 206 g/mol. The van der Waals surface area contributed by atoms with Crippen LogP contribution in [-0.4, -0.2) is 11.7 Å². The van der Waals surface area contributed by atoms with Crippen LogP contribution in [0.25, 0.3) is 0 Å². The van der Waals surface area contributed by atoms with Gasteiger partial charge in [0.05, 0.1) is 5.56 Å². The standard InChI is InChI=1S/C11H11FN2O/c12-8-4-3-7(6-13)11(15)10(8)9-2-1-5-14-9/h3-4,9,14-15H,1-2,5H2/t9-/m1/s1. The topological polar surface area (TPSA) is 56.0 Å². The third-order valence-corrected chi connectivity index (χ3v) is 2.69. The zero-order valence-corrected chi connectivity index (χ0v) is 8.13. The van der Waals surface area contributed by atoms with E-state index in [1.54, 1.807) is 0 Å². The van der Waals surface area contributed by atoms with Gasteiger partial charge in [-0.1, -0.05) is 0 Å². The number of phenolic OH excluding ortho intramolecular Hbond substituents is 1. The first-order valence-electron chi connectivity index (χ1n) is 4.89. The van der Waals surface area contributed by atoms with E-state index in [0.717, 1.165) is 19.4 Å². The van der Waals surface area contributed by atoms with E-state index in [0.29, 0.717) is 0 Å². The van der Waals surface area contributed by atoms with Crippen molar-refractivity contribution in [1.29, 1.82) is 5.26 Å². The second kappa shape index (κ2) is 3.87. The molecule has 0 unspecified atom stereocenters. The maximum absolute atomic E-state index is 13.5. The molecule has 0 aliphatic carbocycles. The van der Waals surface area contributed by atoms with Gasteiger partial charge in [0.25, 0.3) is 0 Å². The summed E-state index contributed by atoms with van der Waals surface area (Å²) in [5.41, 5.74) is 0.353. The van der Waals surface area contributed by atoms with Gasteiger partial charge in [0.1, 0.15) is 17.6 Å². The summed E-state index contributed by atoms with van der Waals surface area (Å²) in [6, 6.07) is 4.20. The Balaban J connectivity index is 2.49. The van der Waals surface area contributed by atoms with Crippen LogP contribution in [0.15, 0.2) is 12.1 Å². The molecule has 1 aliphatic heterocycles. The minimum absolute atomic E-state index is 0.125. The van der Waals surface area contributed by atoms with Crippen LogP contribution >= 0.6 is 0 Å². The molecule has 1 heterocycles. The average Bonchev–Trinajstić information content (AvgIpc) is 2.71. The van der Waals surface area contributed by atoms with Crippen molar-refractivity contribution in [1.82, 2.24) is 5.32 Å². The molecule has 1 atom stereocenters. The smallest absolute Gasteiger partial charge is 0.141 e. The van der Waals surface area contributed by atoms with Crippen LogP contribution in [0.4, 0.5) is 4.39 Å². The van der Waals surface area contributed by atoms with Crippen molar-refractivity contribution in [2.45, 2.75) is 18.9 Å². The Morgan fingerprint density at radius 2 is 2.33 bits per heavy atom. The maximum atomic E-state index is 13.5. The zero-order valence-electron chi connectivity index (χ0n) is 8.13. The number of benzene rings is 1. The molecule has 3 nitrogen and oxygen atoms in total. The Bertz CT molecular complexity index is 419. The van der Waals surface area contributed by atoms with Crippen molar-refractivity contribution in [3.63, 3.8) is 0 Å². The van der Waals surface area contributed by atoms with Crippen molar-refractivity contribution in [3.8, 4) is 11.8 Å². The van der Waals surface area contributed by atoms with Gasteiger partial charge in [-0.25, -0.2) is 4.39 Å². The minimum atomic E-state index is -0.453. The number of nitrogens with zero attached hydrogens (tertiary/aromatic N) is 1. The van der Waals surface area contributed by atoms with Crippen LogP contribution in [0.3, 0.4) is 0 Å². The lowest BCUT2D eigenvalue weighted by atomic mass is 10.0. The molecular formula is C11H11FN2O. The molecule has 78 valence electrons. The van der Waals surface area contributed by atoms with Gasteiger partial charge in [0.2, 0.25) is 0 Å². The summed E-state index contributed by atoms with van der Waals surface area (Å²) in [6.07, 6.45) is 1.75. The van der Waals surface area contributed by atoms with Crippen LogP contribution in [0, 0.1) is 17.1 Å². The first kappa shape index (κ1) is 9.94. The molecule has 2 rings (SSSR count). The molecule has 0 bridgehead atoms. The minimum Gasteiger partial charge on any atom is -0.506 e. The number of nitriles is 1. The van der Waals surface area contributed by atoms with Crippen molar-refractivity contribution >= 4 is 0 Å². The molecule has 2 N–H and O–H groups in total. The van der Waals surface area contributed by atoms with E-state index >= 15 is 0 Å². The van der Waals surface area contributed by atoms with Crippen LogP contribution in [0.2, 0.25) is 0 Å². The number of hydrogen-bond acceptors (Lipinski definition) is 3. The summed E-state index contributed by atoms with van der Waals surface area (Å²) in [6.45, 7) is 0.820. The van der Waals surface area contributed by atoms with E-state index in [-0.39, 0.29) is 22.9 Å². The van der Waals surface area contributed by atoms with Gasteiger partial charge in [-0.2, -0.15) is 5.26 Å². The number of phenols is 1. The van der Waals surface area contributed by atoms with Gasteiger partial charge in [-0.3, -0.25) is 0 Å². The molecule has 1 fully saturated rings. The molecule has 15 heavy (non-hydrogen) atoms. The first-order chi connectivity index (χ1) is 7.24. The Morgan fingerprint density at radius 1 is 1.53 bits per heavy atom. The Kier molecular flexibility index (Phi) is 2.57. The van der Waals surface area contributed by atoms with Crippen LogP contribution in [0.1, 0.15) is 30.0 Å². The lowest BCUT2D eigenvalue weighted by Crippen LogP contribution is -2.14. The highest BCUT2D eigenvalue weighted by Crippen LogP contribution is 2.34. The Morgan fingerprint density at radius 3 is 2.93 bits per heavy atom.